The first-order chi connectivity index (χ1) is 13.7. The Morgan fingerprint density at radius 2 is 1.61 bits per heavy atom. The van der Waals surface area contributed by atoms with Crippen LogP contribution in [0.3, 0.4) is 0 Å². The number of rotatable bonds is 5. The van der Waals surface area contributed by atoms with E-state index in [0.29, 0.717) is 6.61 Å². The molecule has 0 aliphatic rings. The summed E-state index contributed by atoms with van der Waals surface area (Å²) in [6.07, 6.45) is 1.90. The number of hydrogen-bond acceptors (Lipinski definition) is 2. The summed E-state index contributed by atoms with van der Waals surface area (Å²) in [7, 11) is 0. The maximum Gasteiger partial charge on any atom is 0.129 e. The number of ether oxygens (including phenoxy) is 1. The molecule has 0 aromatic heterocycles. The number of para-hydroxylation sites is 1. The Hall–Kier alpha value is -3.10. The molecule has 0 heterocycles. The Bertz CT molecular complexity index is 1130. The molecular weight excluding hydrogens is 366 g/mol. The highest BCUT2D eigenvalue weighted by molar-refractivity contribution is 6.30. The summed E-state index contributed by atoms with van der Waals surface area (Å²) in [5.41, 5.74) is 4.15. The van der Waals surface area contributed by atoms with Gasteiger partial charge in [0.25, 0.3) is 0 Å². The van der Waals surface area contributed by atoms with E-state index < -0.39 is 0 Å². The summed E-state index contributed by atoms with van der Waals surface area (Å²) in [5, 5.41) is 3.00. The molecule has 0 aliphatic carbocycles. The molecule has 2 nitrogen and oxygen atoms in total. The molecule has 138 valence electrons. The molecule has 0 saturated heterocycles. The fourth-order valence-corrected chi connectivity index (χ4v) is 3.24. The van der Waals surface area contributed by atoms with Crippen LogP contribution in [0.5, 0.6) is 5.75 Å². The van der Waals surface area contributed by atoms with Crippen LogP contribution < -0.4 is 4.74 Å². The van der Waals surface area contributed by atoms with Crippen molar-refractivity contribution in [3.05, 3.63) is 107 Å². The van der Waals surface area contributed by atoms with Crippen molar-refractivity contribution in [2.45, 2.75) is 13.5 Å². The molecule has 28 heavy (non-hydrogen) atoms. The fourth-order valence-electron chi connectivity index (χ4n) is 3.12. The van der Waals surface area contributed by atoms with E-state index in [-0.39, 0.29) is 0 Å². The van der Waals surface area contributed by atoms with Crippen LogP contribution in [-0.2, 0) is 6.61 Å². The van der Waals surface area contributed by atoms with Crippen LogP contribution >= 0.6 is 11.6 Å². The van der Waals surface area contributed by atoms with Gasteiger partial charge in [0.05, 0.1) is 5.69 Å². The van der Waals surface area contributed by atoms with Gasteiger partial charge < -0.3 is 4.74 Å². The number of nitrogens with zero attached hydrogens (tertiary/aromatic N) is 1. The lowest BCUT2D eigenvalue weighted by Crippen LogP contribution is -1.99. The van der Waals surface area contributed by atoms with Gasteiger partial charge in [-0.25, -0.2) is 0 Å². The molecule has 0 bridgehead atoms. The van der Waals surface area contributed by atoms with E-state index >= 15 is 0 Å². The summed E-state index contributed by atoms with van der Waals surface area (Å²) >= 11 is 5.97. The number of aryl methyl sites for hydroxylation is 1. The SMILES string of the molecule is Cc1ccccc1N=Cc1c(OCc2ccc(Cl)cc2)ccc2ccccc12. The lowest BCUT2D eigenvalue weighted by molar-refractivity contribution is 0.306. The zero-order valence-electron chi connectivity index (χ0n) is 15.6. The third kappa shape index (κ3) is 4.08. The van der Waals surface area contributed by atoms with E-state index in [1.165, 1.54) is 0 Å². The summed E-state index contributed by atoms with van der Waals surface area (Å²) in [6.45, 7) is 2.54. The Morgan fingerprint density at radius 3 is 2.43 bits per heavy atom. The summed E-state index contributed by atoms with van der Waals surface area (Å²) in [6, 6.07) is 28.2. The minimum Gasteiger partial charge on any atom is -0.488 e. The first-order valence-corrected chi connectivity index (χ1v) is 9.57. The highest BCUT2D eigenvalue weighted by Crippen LogP contribution is 2.28. The van der Waals surface area contributed by atoms with E-state index in [9.17, 15) is 0 Å². The highest BCUT2D eigenvalue weighted by Gasteiger charge is 2.08. The second kappa shape index (κ2) is 8.28. The monoisotopic (exact) mass is 385 g/mol. The topological polar surface area (TPSA) is 21.6 Å². The number of aliphatic imine (C=N–C) groups is 1. The largest absolute Gasteiger partial charge is 0.488 e. The molecule has 0 spiro atoms. The van der Waals surface area contributed by atoms with Crippen LogP contribution in [0.25, 0.3) is 10.8 Å². The maximum absolute atomic E-state index is 6.16. The third-order valence-corrected chi connectivity index (χ3v) is 4.94. The van der Waals surface area contributed by atoms with Crippen molar-refractivity contribution in [3.63, 3.8) is 0 Å². The lowest BCUT2D eigenvalue weighted by Gasteiger charge is -2.12. The average molecular weight is 386 g/mol. The standard InChI is InChI=1S/C25H20ClNO/c1-18-6-2-5-9-24(18)27-16-23-22-8-4-3-7-20(22)12-15-25(23)28-17-19-10-13-21(26)14-11-19/h2-16H,17H2,1H3. The molecule has 0 atom stereocenters. The smallest absolute Gasteiger partial charge is 0.129 e. The van der Waals surface area contributed by atoms with Gasteiger partial charge in [0.1, 0.15) is 12.4 Å². The predicted octanol–water partition coefficient (Wildman–Crippen LogP) is 7.13. The van der Waals surface area contributed by atoms with Crippen molar-refractivity contribution in [1.82, 2.24) is 0 Å². The quantitative estimate of drug-likeness (QED) is 0.335. The van der Waals surface area contributed by atoms with Crippen molar-refractivity contribution in [2.75, 3.05) is 0 Å². The summed E-state index contributed by atoms with van der Waals surface area (Å²) in [5.74, 6) is 0.811. The van der Waals surface area contributed by atoms with Gasteiger partial charge in [-0.2, -0.15) is 0 Å². The van der Waals surface area contributed by atoms with Crippen LogP contribution in [0.15, 0.2) is 89.9 Å². The molecule has 0 amide bonds. The third-order valence-electron chi connectivity index (χ3n) is 4.69. The van der Waals surface area contributed by atoms with E-state index in [4.69, 9.17) is 21.3 Å². The maximum atomic E-state index is 6.16. The molecule has 0 saturated carbocycles. The van der Waals surface area contributed by atoms with E-state index in [1.807, 2.05) is 66.9 Å². The molecule has 0 N–H and O–H groups in total. The first kappa shape index (κ1) is 18.3. The van der Waals surface area contributed by atoms with Crippen molar-refractivity contribution in [3.8, 4) is 5.75 Å². The van der Waals surface area contributed by atoms with Gasteiger partial charge in [-0.05, 0) is 53.1 Å². The predicted molar refractivity (Wildman–Crippen MR) is 118 cm³/mol. The second-order valence-corrected chi connectivity index (χ2v) is 7.09. The van der Waals surface area contributed by atoms with Crippen LogP contribution in [0.2, 0.25) is 5.02 Å². The molecule has 0 aliphatic heterocycles. The minimum absolute atomic E-state index is 0.473. The Morgan fingerprint density at radius 1 is 0.857 bits per heavy atom. The Kier molecular flexibility index (Phi) is 5.41. The van der Waals surface area contributed by atoms with Gasteiger partial charge >= 0.3 is 0 Å². The Labute approximate surface area is 170 Å². The van der Waals surface area contributed by atoms with Crippen molar-refractivity contribution in [2.24, 2.45) is 4.99 Å². The average Bonchev–Trinajstić information content (AvgIpc) is 2.73. The molecule has 0 radical (unpaired) electrons. The number of benzene rings is 4. The Balaban J connectivity index is 1.70. The normalized spacial score (nSPS) is 11.2. The number of hydrogen-bond donors (Lipinski definition) is 0. The zero-order valence-corrected chi connectivity index (χ0v) is 16.4. The first-order valence-electron chi connectivity index (χ1n) is 9.19. The van der Waals surface area contributed by atoms with Crippen molar-refractivity contribution < 1.29 is 4.74 Å². The van der Waals surface area contributed by atoms with Gasteiger partial charge in [-0.3, -0.25) is 4.99 Å². The van der Waals surface area contributed by atoms with Crippen LogP contribution in [0, 0.1) is 6.92 Å². The lowest BCUT2D eigenvalue weighted by atomic mass is 10.0. The molecule has 0 unspecified atom stereocenters. The summed E-state index contributed by atoms with van der Waals surface area (Å²) < 4.78 is 6.16. The molecule has 0 fully saturated rings. The molecular formula is C25H20ClNO. The highest BCUT2D eigenvalue weighted by atomic mass is 35.5. The number of halogens is 1. The molecule has 4 aromatic carbocycles. The van der Waals surface area contributed by atoms with Gasteiger partial charge in [0.15, 0.2) is 0 Å². The molecule has 4 aromatic rings. The van der Waals surface area contributed by atoms with Gasteiger partial charge in [0.2, 0.25) is 0 Å². The summed E-state index contributed by atoms with van der Waals surface area (Å²) in [4.78, 5) is 4.73. The zero-order chi connectivity index (χ0) is 19.3. The van der Waals surface area contributed by atoms with E-state index in [1.54, 1.807) is 0 Å². The fraction of sp³-hybridized carbons (Fsp3) is 0.0800. The van der Waals surface area contributed by atoms with Gasteiger partial charge in [-0.15, -0.1) is 0 Å². The number of fused-ring (bicyclic) bond motifs is 1. The van der Waals surface area contributed by atoms with Gasteiger partial charge in [0, 0.05) is 16.8 Å². The second-order valence-electron chi connectivity index (χ2n) is 6.66. The van der Waals surface area contributed by atoms with Crippen molar-refractivity contribution in [1.29, 1.82) is 0 Å². The minimum atomic E-state index is 0.473. The van der Waals surface area contributed by atoms with Gasteiger partial charge in [-0.1, -0.05) is 72.3 Å². The van der Waals surface area contributed by atoms with Crippen molar-refractivity contribution >= 4 is 34.3 Å². The van der Waals surface area contributed by atoms with E-state index in [2.05, 4.69) is 31.2 Å². The van der Waals surface area contributed by atoms with Crippen LogP contribution in [-0.4, -0.2) is 6.21 Å². The molecule has 4 rings (SSSR count). The van der Waals surface area contributed by atoms with Crippen LogP contribution in [0.4, 0.5) is 5.69 Å². The van der Waals surface area contributed by atoms with Crippen LogP contribution in [0.1, 0.15) is 16.7 Å². The van der Waals surface area contributed by atoms with E-state index in [0.717, 1.165) is 43.9 Å². The molecule has 3 heteroatoms.